The molecule has 1 rings (SSSR count). The minimum atomic E-state index is 0.208. The minimum absolute atomic E-state index is 0.208. The van der Waals surface area contributed by atoms with Crippen LogP contribution in [0.5, 0.6) is 0 Å². The highest BCUT2D eigenvalue weighted by Crippen LogP contribution is 2.20. The summed E-state index contributed by atoms with van der Waals surface area (Å²) in [4.78, 5) is 13.6. The summed E-state index contributed by atoms with van der Waals surface area (Å²) in [5.41, 5.74) is 0.979. The molecule has 0 radical (unpaired) electrons. The molecule has 0 aromatic heterocycles. The van der Waals surface area contributed by atoms with E-state index in [-0.39, 0.29) is 5.91 Å². The predicted molar refractivity (Wildman–Crippen MR) is 54.3 cm³/mol. The number of rotatable bonds is 1. The van der Waals surface area contributed by atoms with Gasteiger partial charge in [-0.25, -0.2) is 0 Å². The maximum Gasteiger partial charge on any atom is 0.249 e. The van der Waals surface area contributed by atoms with Crippen molar-refractivity contribution in [3.8, 4) is 0 Å². The van der Waals surface area contributed by atoms with Gasteiger partial charge in [0.15, 0.2) is 0 Å². The smallest absolute Gasteiger partial charge is 0.249 e. The normalized spacial score (nSPS) is 24.7. The molecule has 1 amide bonds. The van der Waals surface area contributed by atoms with E-state index in [2.05, 4.69) is 26.8 Å². The highest BCUT2D eigenvalue weighted by Gasteiger charge is 2.21. The highest BCUT2D eigenvalue weighted by atomic mass is 16.2. The highest BCUT2D eigenvalue weighted by molar-refractivity contribution is 5.93. The van der Waals surface area contributed by atoms with Gasteiger partial charge in [0.25, 0.3) is 0 Å². The molecule has 0 aliphatic carbocycles. The maximum atomic E-state index is 11.8. The third kappa shape index (κ3) is 2.33. The Morgan fingerprint density at radius 2 is 2.15 bits per heavy atom. The monoisotopic (exact) mass is 181 g/mol. The quantitative estimate of drug-likeness (QED) is 0.606. The van der Waals surface area contributed by atoms with Crippen LogP contribution < -0.4 is 0 Å². The number of hydrogen-bond donors (Lipinski definition) is 0. The van der Waals surface area contributed by atoms with Crippen molar-refractivity contribution in [2.75, 3.05) is 13.6 Å². The third-order valence-corrected chi connectivity index (χ3v) is 2.60. The van der Waals surface area contributed by atoms with Crippen molar-refractivity contribution < 1.29 is 4.79 Å². The lowest BCUT2D eigenvalue weighted by molar-refractivity contribution is -0.126. The Morgan fingerprint density at radius 1 is 1.54 bits per heavy atom. The van der Waals surface area contributed by atoms with Crippen LogP contribution in [0, 0.1) is 11.8 Å². The first-order chi connectivity index (χ1) is 6.02. The largest absolute Gasteiger partial charge is 0.342 e. The fourth-order valence-electron chi connectivity index (χ4n) is 1.62. The average Bonchev–Trinajstić information content (AvgIpc) is 2.18. The lowest BCUT2D eigenvalue weighted by Crippen LogP contribution is -2.29. The van der Waals surface area contributed by atoms with E-state index in [0.717, 1.165) is 18.5 Å². The molecule has 1 heterocycles. The molecular weight excluding hydrogens is 162 g/mol. The molecule has 1 aliphatic rings. The second-order valence-electron chi connectivity index (χ2n) is 4.27. The van der Waals surface area contributed by atoms with Gasteiger partial charge in [-0.15, -0.1) is 0 Å². The van der Waals surface area contributed by atoms with Crippen molar-refractivity contribution in [3.63, 3.8) is 0 Å². The molecule has 2 heteroatoms. The zero-order valence-corrected chi connectivity index (χ0v) is 9.00. The van der Waals surface area contributed by atoms with Gasteiger partial charge in [0, 0.05) is 19.2 Å². The summed E-state index contributed by atoms with van der Waals surface area (Å²) in [6.07, 6.45) is 3.22. The van der Waals surface area contributed by atoms with Crippen molar-refractivity contribution in [2.24, 2.45) is 11.8 Å². The first-order valence-corrected chi connectivity index (χ1v) is 4.99. The van der Waals surface area contributed by atoms with Gasteiger partial charge in [0.1, 0.15) is 0 Å². The molecule has 74 valence electrons. The topological polar surface area (TPSA) is 20.3 Å². The Balaban J connectivity index is 2.91. The summed E-state index contributed by atoms with van der Waals surface area (Å²) in [7, 11) is 1.89. The molecule has 1 aliphatic heterocycles. The van der Waals surface area contributed by atoms with E-state index >= 15 is 0 Å². The first kappa shape index (κ1) is 10.3. The summed E-state index contributed by atoms with van der Waals surface area (Å²) in [6, 6.07) is 0. The van der Waals surface area contributed by atoms with Crippen LogP contribution in [0.2, 0.25) is 0 Å². The van der Waals surface area contributed by atoms with Gasteiger partial charge in [0.2, 0.25) is 5.91 Å². The Bertz CT molecular complexity index is 230. The Morgan fingerprint density at radius 3 is 2.69 bits per heavy atom. The summed E-state index contributed by atoms with van der Waals surface area (Å²) in [5, 5.41) is 0. The van der Waals surface area contributed by atoms with Crippen LogP contribution >= 0.6 is 0 Å². The van der Waals surface area contributed by atoms with E-state index < -0.39 is 0 Å². The molecule has 0 aromatic rings. The van der Waals surface area contributed by atoms with Crippen molar-refractivity contribution >= 4 is 5.91 Å². The minimum Gasteiger partial charge on any atom is -0.342 e. The van der Waals surface area contributed by atoms with Crippen LogP contribution in [-0.2, 0) is 4.79 Å². The third-order valence-electron chi connectivity index (χ3n) is 2.60. The molecule has 0 spiro atoms. The molecule has 0 N–H and O–H groups in total. The molecule has 0 aromatic carbocycles. The second kappa shape index (κ2) is 3.95. The van der Waals surface area contributed by atoms with E-state index in [1.807, 2.05) is 11.9 Å². The molecule has 0 saturated heterocycles. The van der Waals surface area contributed by atoms with Crippen LogP contribution in [0.25, 0.3) is 0 Å². The fraction of sp³-hybridized carbons (Fsp3) is 0.727. The number of hydrogen-bond acceptors (Lipinski definition) is 1. The SMILES string of the molecule is CC1C=C(C(C)C)C(=O)N(C)CC1. The fourth-order valence-corrected chi connectivity index (χ4v) is 1.62. The number of carbonyl (C=O) groups is 1. The average molecular weight is 181 g/mol. The van der Waals surface area contributed by atoms with Gasteiger partial charge in [0.05, 0.1) is 0 Å². The summed E-state index contributed by atoms with van der Waals surface area (Å²) in [5.74, 6) is 1.08. The summed E-state index contributed by atoms with van der Waals surface area (Å²) < 4.78 is 0. The molecular formula is C11H19NO. The Labute approximate surface area is 80.6 Å². The van der Waals surface area contributed by atoms with E-state index in [1.54, 1.807) is 0 Å². The van der Waals surface area contributed by atoms with Gasteiger partial charge in [-0.1, -0.05) is 26.8 Å². The molecule has 2 nitrogen and oxygen atoms in total. The lowest BCUT2D eigenvalue weighted by atomic mass is 9.98. The molecule has 0 saturated carbocycles. The van der Waals surface area contributed by atoms with Crippen LogP contribution in [0.3, 0.4) is 0 Å². The molecule has 0 fully saturated rings. The second-order valence-corrected chi connectivity index (χ2v) is 4.27. The number of amides is 1. The van der Waals surface area contributed by atoms with Crippen molar-refractivity contribution in [1.82, 2.24) is 4.90 Å². The van der Waals surface area contributed by atoms with Gasteiger partial charge < -0.3 is 4.90 Å². The van der Waals surface area contributed by atoms with E-state index in [4.69, 9.17) is 0 Å². The predicted octanol–water partition coefficient (Wildman–Crippen LogP) is 2.07. The van der Waals surface area contributed by atoms with Crippen LogP contribution in [0.15, 0.2) is 11.6 Å². The first-order valence-electron chi connectivity index (χ1n) is 4.99. The summed E-state index contributed by atoms with van der Waals surface area (Å²) in [6.45, 7) is 7.22. The zero-order chi connectivity index (χ0) is 10.0. The standard InChI is InChI=1S/C11H19NO/c1-8(2)10-7-9(3)5-6-12(4)11(10)13/h7-9H,5-6H2,1-4H3. The van der Waals surface area contributed by atoms with Crippen LogP contribution in [0.1, 0.15) is 27.2 Å². The van der Waals surface area contributed by atoms with Crippen molar-refractivity contribution in [3.05, 3.63) is 11.6 Å². The van der Waals surface area contributed by atoms with Crippen molar-refractivity contribution in [1.29, 1.82) is 0 Å². The number of likely N-dealkylation sites (N-methyl/N-ethyl adjacent to an activating group) is 1. The number of carbonyl (C=O) groups excluding carboxylic acids is 1. The Hall–Kier alpha value is -0.790. The van der Waals surface area contributed by atoms with Crippen LogP contribution in [0.4, 0.5) is 0 Å². The summed E-state index contributed by atoms with van der Waals surface area (Å²) >= 11 is 0. The van der Waals surface area contributed by atoms with E-state index in [1.165, 1.54) is 0 Å². The maximum absolute atomic E-state index is 11.8. The van der Waals surface area contributed by atoms with E-state index in [9.17, 15) is 4.79 Å². The molecule has 1 unspecified atom stereocenters. The van der Waals surface area contributed by atoms with Gasteiger partial charge in [-0.2, -0.15) is 0 Å². The van der Waals surface area contributed by atoms with Gasteiger partial charge >= 0.3 is 0 Å². The molecule has 0 bridgehead atoms. The number of allylic oxidation sites excluding steroid dienone is 1. The molecule has 13 heavy (non-hydrogen) atoms. The Kier molecular flexibility index (Phi) is 3.12. The lowest BCUT2D eigenvalue weighted by Gasteiger charge is -2.17. The molecule has 1 atom stereocenters. The van der Waals surface area contributed by atoms with Crippen molar-refractivity contribution in [2.45, 2.75) is 27.2 Å². The van der Waals surface area contributed by atoms with E-state index in [0.29, 0.717) is 11.8 Å². The number of nitrogens with zero attached hydrogens (tertiary/aromatic N) is 1. The zero-order valence-electron chi connectivity index (χ0n) is 9.00. The van der Waals surface area contributed by atoms with Gasteiger partial charge in [-0.05, 0) is 18.3 Å². The van der Waals surface area contributed by atoms with Crippen LogP contribution in [-0.4, -0.2) is 24.4 Å². The van der Waals surface area contributed by atoms with Gasteiger partial charge in [-0.3, -0.25) is 4.79 Å².